The van der Waals surface area contributed by atoms with Crippen LogP contribution < -0.4 is 5.32 Å². The third-order valence-electron chi connectivity index (χ3n) is 5.33. The number of hydrogen-bond acceptors (Lipinski definition) is 5. The Morgan fingerprint density at radius 2 is 1.66 bits per heavy atom. The van der Waals surface area contributed by atoms with Gasteiger partial charge >= 0.3 is 0 Å². The molecule has 2 saturated heterocycles. The van der Waals surface area contributed by atoms with Crippen molar-refractivity contribution in [2.45, 2.75) is 17.4 Å². The van der Waals surface area contributed by atoms with Crippen LogP contribution in [0.4, 0.5) is 5.69 Å². The third kappa shape index (κ3) is 4.44. The second-order valence-corrected chi connectivity index (χ2v) is 9.23. The number of ether oxygens (including phenoxy) is 1. The van der Waals surface area contributed by atoms with E-state index in [1.807, 2.05) is 35.2 Å². The van der Waals surface area contributed by atoms with Crippen molar-refractivity contribution in [1.29, 1.82) is 0 Å². The minimum atomic E-state index is -3.55. The molecule has 0 aromatic heterocycles. The van der Waals surface area contributed by atoms with Gasteiger partial charge in [-0.1, -0.05) is 18.2 Å². The molecule has 29 heavy (non-hydrogen) atoms. The van der Waals surface area contributed by atoms with Gasteiger partial charge in [0.25, 0.3) is 5.91 Å². The Labute approximate surface area is 171 Å². The van der Waals surface area contributed by atoms with Crippen molar-refractivity contribution in [1.82, 2.24) is 9.21 Å². The van der Waals surface area contributed by atoms with Gasteiger partial charge < -0.3 is 15.0 Å². The molecule has 2 aromatic rings. The first-order chi connectivity index (χ1) is 14.0. The molecule has 1 amide bonds. The van der Waals surface area contributed by atoms with Crippen molar-refractivity contribution in [2.24, 2.45) is 0 Å². The summed E-state index contributed by atoms with van der Waals surface area (Å²) in [5.41, 5.74) is 1.55. The number of nitrogens with one attached hydrogen (secondary N) is 1. The number of amides is 1. The average molecular weight is 416 g/mol. The van der Waals surface area contributed by atoms with Crippen LogP contribution in [0.25, 0.3) is 0 Å². The van der Waals surface area contributed by atoms with E-state index < -0.39 is 10.0 Å². The molecule has 0 bridgehead atoms. The summed E-state index contributed by atoms with van der Waals surface area (Å²) < 4.78 is 32.1. The van der Waals surface area contributed by atoms with E-state index in [9.17, 15) is 13.2 Å². The maximum Gasteiger partial charge on any atom is 0.253 e. The molecule has 2 aliphatic heterocycles. The fourth-order valence-electron chi connectivity index (χ4n) is 3.72. The lowest BCUT2D eigenvalue weighted by Crippen LogP contribution is -2.40. The maximum absolute atomic E-state index is 12.8. The Hall–Kier alpha value is -2.42. The number of morpholine rings is 1. The van der Waals surface area contributed by atoms with Gasteiger partial charge in [-0.2, -0.15) is 4.31 Å². The minimum absolute atomic E-state index is 0.0716. The van der Waals surface area contributed by atoms with Gasteiger partial charge in [0.1, 0.15) is 0 Å². The summed E-state index contributed by atoms with van der Waals surface area (Å²) in [5, 5.41) is 3.45. The van der Waals surface area contributed by atoms with Crippen molar-refractivity contribution in [3.05, 3.63) is 60.2 Å². The molecule has 154 valence electrons. The van der Waals surface area contributed by atoms with Gasteiger partial charge in [0.15, 0.2) is 0 Å². The number of sulfonamides is 1. The van der Waals surface area contributed by atoms with Gasteiger partial charge in [-0.05, 0) is 42.8 Å². The average Bonchev–Trinajstić information content (AvgIpc) is 3.23. The summed E-state index contributed by atoms with van der Waals surface area (Å²) in [6, 6.07) is 16.4. The Kier molecular flexibility index (Phi) is 5.84. The molecule has 0 radical (unpaired) electrons. The van der Waals surface area contributed by atoms with Crippen LogP contribution in [0.1, 0.15) is 16.8 Å². The highest BCUT2D eigenvalue weighted by atomic mass is 32.2. The summed E-state index contributed by atoms with van der Waals surface area (Å²) in [6.45, 7) is 2.82. The second kappa shape index (κ2) is 8.52. The highest BCUT2D eigenvalue weighted by Gasteiger charge is 2.29. The van der Waals surface area contributed by atoms with E-state index in [-0.39, 0.29) is 16.8 Å². The Balaban J connectivity index is 1.39. The number of nitrogens with zero attached hydrogens (tertiary/aromatic N) is 2. The molecule has 4 rings (SSSR count). The summed E-state index contributed by atoms with van der Waals surface area (Å²) in [6.07, 6.45) is 0.879. The summed E-state index contributed by atoms with van der Waals surface area (Å²) in [7, 11) is -3.55. The second-order valence-electron chi connectivity index (χ2n) is 7.29. The molecule has 1 atom stereocenters. The number of carbonyl (C=O) groups excluding carboxylic acids is 1. The zero-order chi connectivity index (χ0) is 20.3. The number of hydrogen-bond donors (Lipinski definition) is 1. The van der Waals surface area contributed by atoms with E-state index in [0.717, 1.165) is 12.1 Å². The van der Waals surface area contributed by atoms with Crippen LogP contribution in [-0.4, -0.2) is 69.0 Å². The Morgan fingerprint density at radius 3 is 2.34 bits per heavy atom. The number of carbonyl (C=O) groups is 1. The van der Waals surface area contributed by atoms with Crippen molar-refractivity contribution < 1.29 is 17.9 Å². The fourth-order valence-corrected chi connectivity index (χ4v) is 5.13. The van der Waals surface area contributed by atoms with Crippen molar-refractivity contribution in [2.75, 3.05) is 44.7 Å². The van der Waals surface area contributed by atoms with Crippen LogP contribution in [-0.2, 0) is 14.8 Å². The normalized spacial score (nSPS) is 20.6. The van der Waals surface area contributed by atoms with Gasteiger partial charge in [0.05, 0.1) is 18.1 Å². The molecular formula is C21H25N3O4S. The van der Waals surface area contributed by atoms with E-state index in [0.29, 0.717) is 45.0 Å². The largest absolute Gasteiger partial charge is 0.380 e. The number of rotatable bonds is 5. The third-order valence-corrected chi connectivity index (χ3v) is 7.24. The first kappa shape index (κ1) is 19.9. The summed E-state index contributed by atoms with van der Waals surface area (Å²) in [5.74, 6) is -0.0716. The summed E-state index contributed by atoms with van der Waals surface area (Å²) in [4.78, 5) is 14.9. The predicted octanol–water partition coefficient (Wildman–Crippen LogP) is 2.03. The van der Waals surface area contributed by atoms with Crippen molar-refractivity contribution >= 4 is 21.6 Å². The standard InChI is InChI=1S/C21H25N3O4S/c25-21(23-11-10-19(16-23)22-18-4-2-1-3-5-18)17-6-8-20(9-7-17)29(26,27)24-12-14-28-15-13-24/h1-9,19,22H,10-16H2. The van der Waals surface area contributed by atoms with Crippen LogP contribution in [0.2, 0.25) is 0 Å². The number of para-hydroxylation sites is 1. The predicted molar refractivity (Wildman–Crippen MR) is 110 cm³/mol. The topological polar surface area (TPSA) is 79.0 Å². The van der Waals surface area contributed by atoms with Gasteiger partial charge in [-0.3, -0.25) is 4.79 Å². The lowest BCUT2D eigenvalue weighted by Gasteiger charge is -2.26. The molecule has 0 aliphatic carbocycles. The molecule has 8 heteroatoms. The molecule has 2 heterocycles. The van der Waals surface area contributed by atoms with Crippen molar-refractivity contribution in [3.8, 4) is 0 Å². The van der Waals surface area contributed by atoms with E-state index in [4.69, 9.17) is 4.74 Å². The molecule has 1 unspecified atom stereocenters. The number of anilines is 1. The molecule has 0 spiro atoms. The molecule has 1 N–H and O–H groups in total. The lowest BCUT2D eigenvalue weighted by atomic mass is 10.2. The smallest absolute Gasteiger partial charge is 0.253 e. The zero-order valence-electron chi connectivity index (χ0n) is 16.2. The van der Waals surface area contributed by atoms with Gasteiger partial charge in [0, 0.05) is 43.5 Å². The molecule has 2 aliphatic rings. The monoisotopic (exact) mass is 415 g/mol. The van der Waals surface area contributed by atoms with Gasteiger partial charge in [-0.15, -0.1) is 0 Å². The Morgan fingerprint density at radius 1 is 0.966 bits per heavy atom. The lowest BCUT2D eigenvalue weighted by molar-refractivity contribution is 0.0730. The highest BCUT2D eigenvalue weighted by molar-refractivity contribution is 7.89. The molecule has 2 fully saturated rings. The maximum atomic E-state index is 12.8. The first-order valence-corrected chi connectivity index (χ1v) is 11.3. The molecular weight excluding hydrogens is 390 g/mol. The quantitative estimate of drug-likeness (QED) is 0.809. The van der Waals surface area contributed by atoms with Crippen LogP contribution in [0.15, 0.2) is 59.5 Å². The molecule has 2 aromatic carbocycles. The van der Waals surface area contributed by atoms with E-state index in [2.05, 4.69) is 5.32 Å². The van der Waals surface area contributed by atoms with Gasteiger partial charge in [0.2, 0.25) is 10.0 Å². The van der Waals surface area contributed by atoms with E-state index in [1.54, 1.807) is 12.1 Å². The van der Waals surface area contributed by atoms with Crippen LogP contribution >= 0.6 is 0 Å². The molecule has 0 saturated carbocycles. The summed E-state index contributed by atoms with van der Waals surface area (Å²) >= 11 is 0. The highest BCUT2D eigenvalue weighted by Crippen LogP contribution is 2.21. The fraction of sp³-hybridized carbons (Fsp3) is 0.381. The number of likely N-dealkylation sites (tertiary alicyclic amines) is 1. The zero-order valence-corrected chi connectivity index (χ0v) is 17.0. The first-order valence-electron chi connectivity index (χ1n) is 9.83. The van der Waals surface area contributed by atoms with Crippen molar-refractivity contribution in [3.63, 3.8) is 0 Å². The SMILES string of the molecule is O=C(c1ccc(S(=O)(=O)N2CCOCC2)cc1)N1CCC(Nc2ccccc2)C1. The van der Waals surface area contributed by atoms with Crippen LogP contribution in [0.3, 0.4) is 0 Å². The van der Waals surface area contributed by atoms with E-state index >= 15 is 0 Å². The Bertz CT molecular complexity index is 942. The molecule has 7 nitrogen and oxygen atoms in total. The van der Waals surface area contributed by atoms with E-state index in [1.165, 1.54) is 16.4 Å². The van der Waals surface area contributed by atoms with Crippen LogP contribution in [0, 0.1) is 0 Å². The number of benzene rings is 2. The minimum Gasteiger partial charge on any atom is -0.380 e. The van der Waals surface area contributed by atoms with Gasteiger partial charge in [-0.25, -0.2) is 8.42 Å². The van der Waals surface area contributed by atoms with Crippen LogP contribution in [0.5, 0.6) is 0 Å².